The third kappa shape index (κ3) is 3.77. The van der Waals surface area contributed by atoms with Crippen LogP contribution in [-0.4, -0.2) is 48.3 Å². The SMILES string of the molecule is CC(C)CCn1c(=O)c2ccccc2n2c(S[C@H](C)C(=O)N3CCCC3)nnc12. The second-order valence-corrected chi connectivity index (χ2v) is 9.37. The number of aromatic nitrogens is 4. The maximum atomic E-state index is 13.1. The minimum Gasteiger partial charge on any atom is -0.342 e. The number of para-hydroxylation sites is 1. The van der Waals surface area contributed by atoms with Crippen molar-refractivity contribution in [1.29, 1.82) is 0 Å². The van der Waals surface area contributed by atoms with Gasteiger partial charge in [-0.3, -0.25) is 18.6 Å². The number of aryl methyl sites for hydroxylation is 1. The zero-order valence-electron chi connectivity index (χ0n) is 17.2. The summed E-state index contributed by atoms with van der Waals surface area (Å²) >= 11 is 1.41. The Balaban J connectivity index is 1.77. The van der Waals surface area contributed by atoms with Crippen molar-refractivity contribution in [2.45, 2.75) is 57.0 Å². The zero-order chi connectivity index (χ0) is 20.5. The van der Waals surface area contributed by atoms with Crippen molar-refractivity contribution in [3.63, 3.8) is 0 Å². The molecule has 1 amide bonds. The quantitative estimate of drug-likeness (QED) is 0.580. The standard InChI is InChI=1S/C21H27N5O2S/c1-14(2)10-13-25-19(28)16-8-4-5-9-17(16)26-20(25)22-23-21(26)29-15(3)18(27)24-11-6-7-12-24/h4-5,8-9,14-15H,6-7,10-13H2,1-3H3/t15-/m1/s1. The summed E-state index contributed by atoms with van der Waals surface area (Å²) in [6, 6.07) is 7.54. The molecule has 154 valence electrons. The summed E-state index contributed by atoms with van der Waals surface area (Å²) in [6.45, 7) is 8.46. The van der Waals surface area contributed by atoms with Gasteiger partial charge in [-0.05, 0) is 44.2 Å². The van der Waals surface area contributed by atoms with Gasteiger partial charge in [0.15, 0.2) is 5.16 Å². The van der Waals surface area contributed by atoms with Gasteiger partial charge in [-0.1, -0.05) is 37.7 Å². The molecule has 4 rings (SSSR count). The molecule has 0 aliphatic carbocycles. The topological polar surface area (TPSA) is 72.5 Å². The third-order valence-corrected chi connectivity index (χ3v) is 6.49. The zero-order valence-corrected chi connectivity index (χ0v) is 18.0. The van der Waals surface area contributed by atoms with Gasteiger partial charge in [-0.2, -0.15) is 0 Å². The highest BCUT2D eigenvalue weighted by Gasteiger charge is 2.26. The van der Waals surface area contributed by atoms with Gasteiger partial charge in [0.1, 0.15) is 0 Å². The number of rotatable bonds is 6. The van der Waals surface area contributed by atoms with Gasteiger partial charge in [-0.25, -0.2) is 0 Å². The largest absolute Gasteiger partial charge is 0.342 e. The number of carbonyl (C=O) groups excluding carboxylic acids is 1. The number of benzene rings is 1. The van der Waals surface area contributed by atoms with Crippen LogP contribution in [0.2, 0.25) is 0 Å². The van der Waals surface area contributed by atoms with Crippen LogP contribution in [0.5, 0.6) is 0 Å². The number of amides is 1. The van der Waals surface area contributed by atoms with Gasteiger partial charge in [-0.15, -0.1) is 10.2 Å². The number of nitrogens with zero attached hydrogens (tertiary/aromatic N) is 5. The first-order valence-electron chi connectivity index (χ1n) is 10.3. The van der Waals surface area contributed by atoms with E-state index in [0.717, 1.165) is 37.9 Å². The summed E-state index contributed by atoms with van der Waals surface area (Å²) in [5, 5.41) is 9.75. The van der Waals surface area contributed by atoms with E-state index in [9.17, 15) is 9.59 Å². The lowest BCUT2D eigenvalue weighted by molar-refractivity contribution is -0.129. The summed E-state index contributed by atoms with van der Waals surface area (Å²) in [7, 11) is 0. The summed E-state index contributed by atoms with van der Waals surface area (Å²) in [5.41, 5.74) is 0.737. The number of thioether (sulfide) groups is 1. The lowest BCUT2D eigenvalue weighted by Crippen LogP contribution is -2.34. The predicted octanol–water partition coefficient (Wildman–Crippen LogP) is 3.19. The molecule has 0 saturated carbocycles. The molecule has 2 aromatic heterocycles. The van der Waals surface area contributed by atoms with E-state index in [1.54, 1.807) is 4.57 Å². The summed E-state index contributed by atoms with van der Waals surface area (Å²) in [5.74, 6) is 1.16. The Kier molecular flexibility index (Phi) is 5.63. The summed E-state index contributed by atoms with van der Waals surface area (Å²) in [4.78, 5) is 27.8. The Bertz CT molecular complexity index is 1100. The highest BCUT2D eigenvalue weighted by atomic mass is 32.2. The molecule has 3 heterocycles. The normalized spacial score (nSPS) is 15.7. The van der Waals surface area contributed by atoms with E-state index >= 15 is 0 Å². The highest BCUT2D eigenvalue weighted by Crippen LogP contribution is 2.27. The van der Waals surface area contributed by atoms with Crippen LogP contribution < -0.4 is 5.56 Å². The number of likely N-dealkylation sites (tertiary alicyclic amines) is 1. The van der Waals surface area contributed by atoms with E-state index in [1.807, 2.05) is 40.5 Å². The van der Waals surface area contributed by atoms with Crippen molar-refractivity contribution in [2.75, 3.05) is 13.1 Å². The fourth-order valence-electron chi connectivity index (χ4n) is 3.80. The minimum atomic E-state index is -0.254. The van der Waals surface area contributed by atoms with E-state index < -0.39 is 0 Å². The van der Waals surface area contributed by atoms with Crippen molar-refractivity contribution in [3.8, 4) is 0 Å². The van der Waals surface area contributed by atoms with Crippen molar-refractivity contribution in [1.82, 2.24) is 24.1 Å². The van der Waals surface area contributed by atoms with Crippen molar-refractivity contribution in [3.05, 3.63) is 34.6 Å². The Hall–Kier alpha value is -2.35. The van der Waals surface area contributed by atoms with Gasteiger partial charge in [0.2, 0.25) is 11.7 Å². The fourth-order valence-corrected chi connectivity index (χ4v) is 4.74. The first kappa shape index (κ1) is 19.9. The molecule has 1 aliphatic heterocycles. The second-order valence-electron chi connectivity index (χ2n) is 8.07. The van der Waals surface area contributed by atoms with Crippen LogP contribution in [0.4, 0.5) is 0 Å². The average Bonchev–Trinajstić information content (AvgIpc) is 3.38. The lowest BCUT2D eigenvalue weighted by atomic mass is 10.1. The van der Waals surface area contributed by atoms with E-state index in [2.05, 4.69) is 24.0 Å². The average molecular weight is 414 g/mol. The molecule has 1 saturated heterocycles. The molecule has 1 atom stereocenters. The Morgan fingerprint density at radius 2 is 1.86 bits per heavy atom. The smallest absolute Gasteiger partial charge is 0.262 e. The van der Waals surface area contributed by atoms with E-state index in [1.165, 1.54) is 11.8 Å². The second kappa shape index (κ2) is 8.18. The van der Waals surface area contributed by atoms with E-state index in [-0.39, 0.29) is 16.7 Å². The number of carbonyl (C=O) groups is 1. The van der Waals surface area contributed by atoms with Gasteiger partial charge in [0.25, 0.3) is 5.56 Å². The first-order valence-corrected chi connectivity index (χ1v) is 11.2. The summed E-state index contributed by atoms with van der Waals surface area (Å²) < 4.78 is 3.64. The lowest BCUT2D eigenvalue weighted by Gasteiger charge is -2.19. The van der Waals surface area contributed by atoms with Crippen LogP contribution in [0, 0.1) is 5.92 Å². The molecule has 8 heteroatoms. The molecule has 29 heavy (non-hydrogen) atoms. The van der Waals surface area contributed by atoms with Gasteiger partial charge < -0.3 is 4.90 Å². The Morgan fingerprint density at radius 1 is 1.14 bits per heavy atom. The molecule has 3 aromatic rings. The van der Waals surface area contributed by atoms with Gasteiger partial charge in [0.05, 0.1) is 16.2 Å². The van der Waals surface area contributed by atoms with Gasteiger partial charge >= 0.3 is 0 Å². The van der Waals surface area contributed by atoms with Crippen LogP contribution in [0.15, 0.2) is 34.2 Å². The van der Waals surface area contributed by atoms with Crippen molar-refractivity contribution >= 4 is 34.3 Å². The van der Waals surface area contributed by atoms with E-state index in [0.29, 0.717) is 28.8 Å². The van der Waals surface area contributed by atoms with Crippen LogP contribution in [0.3, 0.4) is 0 Å². The Morgan fingerprint density at radius 3 is 2.59 bits per heavy atom. The first-order chi connectivity index (χ1) is 14.0. The fraction of sp³-hybridized carbons (Fsp3) is 0.524. The van der Waals surface area contributed by atoms with E-state index in [4.69, 9.17) is 0 Å². The molecule has 1 aromatic carbocycles. The van der Waals surface area contributed by atoms with Crippen LogP contribution in [-0.2, 0) is 11.3 Å². The molecule has 0 N–H and O–H groups in total. The minimum absolute atomic E-state index is 0.0427. The van der Waals surface area contributed by atoms with Crippen molar-refractivity contribution < 1.29 is 4.79 Å². The molecule has 0 spiro atoms. The maximum Gasteiger partial charge on any atom is 0.262 e. The molecule has 0 radical (unpaired) electrons. The predicted molar refractivity (Wildman–Crippen MR) is 115 cm³/mol. The molecule has 7 nitrogen and oxygen atoms in total. The van der Waals surface area contributed by atoms with Gasteiger partial charge in [0, 0.05) is 19.6 Å². The van der Waals surface area contributed by atoms with Crippen LogP contribution in [0.25, 0.3) is 16.7 Å². The van der Waals surface area contributed by atoms with Crippen LogP contribution >= 0.6 is 11.8 Å². The molecule has 0 unspecified atom stereocenters. The van der Waals surface area contributed by atoms with Crippen molar-refractivity contribution in [2.24, 2.45) is 5.92 Å². The number of hydrogen-bond acceptors (Lipinski definition) is 5. The molecular weight excluding hydrogens is 386 g/mol. The molecule has 1 fully saturated rings. The van der Waals surface area contributed by atoms with Crippen LogP contribution in [0.1, 0.15) is 40.0 Å². The number of hydrogen-bond donors (Lipinski definition) is 0. The highest BCUT2D eigenvalue weighted by molar-refractivity contribution is 8.00. The Labute approximate surface area is 174 Å². The molecule has 1 aliphatic rings. The summed E-state index contributed by atoms with van der Waals surface area (Å²) in [6.07, 6.45) is 3.03. The molecular formula is C21H27N5O2S. The molecule has 0 bridgehead atoms. The number of fused-ring (bicyclic) bond motifs is 3. The third-order valence-electron chi connectivity index (χ3n) is 5.46. The monoisotopic (exact) mass is 413 g/mol. The maximum absolute atomic E-state index is 13.1.